The Balaban J connectivity index is 1.78. The lowest BCUT2D eigenvalue weighted by molar-refractivity contribution is -0.169. The van der Waals surface area contributed by atoms with Gasteiger partial charge in [-0.1, -0.05) is 38.8 Å². The van der Waals surface area contributed by atoms with E-state index < -0.39 is 70.1 Å². The van der Waals surface area contributed by atoms with Gasteiger partial charge in [0.25, 0.3) is 5.91 Å². The number of hydrogen-bond acceptors (Lipinski definition) is 9. The third kappa shape index (κ3) is 3.14. The molecule has 6 atom stereocenters. The van der Waals surface area contributed by atoms with Crippen LogP contribution in [0.3, 0.4) is 0 Å². The van der Waals surface area contributed by atoms with Crippen LogP contribution in [0, 0.1) is 11.8 Å². The van der Waals surface area contributed by atoms with Crippen molar-refractivity contribution in [1.82, 2.24) is 4.90 Å². The van der Waals surface area contributed by atoms with E-state index in [0.29, 0.717) is 11.1 Å². The maximum absolute atomic E-state index is 14.1. The van der Waals surface area contributed by atoms with E-state index in [0.717, 1.165) is 25.7 Å². The minimum absolute atomic E-state index is 0.0478. The van der Waals surface area contributed by atoms with E-state index in [2.05, 4.69) is 0 Å². The number of nitrogens with two attached hydrogens (primary N) is 1. The molecule has 0 aliphatic heterocycles. The predicted molar refractivity (Wildman–Crippen MR) is 136 cm³/mol. The summed E-state index contributed by atoms with van der Waals surface area (Å²) in [6, 6.07) is 2.23. The SMILES string of the molecule is C[C@H]1c2ccc(C3(C)CCCC3)c(O)c2C(O)=C2C(=O)[C@]3(O)C(O)=C(C(N)=O)C(=O)C(N(C)C)[C@@H]3[C@@H](O)[C@@H]21. The van der Waals surface area contributed by atoms with Crippen molar-refractivity contribution in [2.24, 2.45) is 17.6 Å². The van der Waals surface area contributed by atoms with Crippen LogP contribution in [0.1, 0.15) is 62.1 Å². The molecule has 0 saturated heterocycles. The van der Waals surface area contributed by atoms with Crippen LogP contribution in [-0.4, -0.2) is 79.7 Å². The number of likely N-dealkylation sites (N-methyl/N-ethyl adjacent to an activating group) is 1. The molecule has 2 saturated carbocycles. The van der Waals surface area contributed by atoms with Gasteiger partial charge in [-0.15, -0.1) is 0 Å². The van der Waals surface area contributed by atoms with Crippen LogP contribution in [0.5, 0.6) is 5.75 Å². The fourth-order valence-corrected chi connectivity index (χ4v) is 7.53. The van der Waals surface area contributed by atoms with Crippen LogP contribution < -0.4 is 5.73 Å². The number of phenols is 1. The summed E-state index contributed by atoms with van der Waals surface area (Å²) in [6.45, 7) is 3.77. The lowest BCUT2D eigenvalue weighted by atomic mass is 9.54. The number of aliphatic hydroxyl groups excluding tert-OH is 3. The summed E-state index contributed by atoms with van der Waals surface area (Å²) in [4.78, 5) is 40.8. The lowest BCUT2D eigenvalue weighted by Gasteiger charge is -2.53. The molecular weight excluding hydrogens is 492 g/mol. The van der Waals surface area contributed by atoms with E-state index in [-0.39, 0.29) is 22.3 Å². The predicted octanol–water partition coefficient (Wildman–Crippen LogP) is 1.33. The molecule has 5 rings (SSSR count). The molecule has 2 fully saturated rings. The molecule has 0 radical (unpaired) electrons. The number of carbonyl (C=O) groups is 3. The first-order valence-electron chi connectivity index (χ1n) is 12.9. The van der Waals surface area contributed by atoms with E-state index >= 15 is 0 Å². The first-order valence-corrected chi connectivity index (χ1v) is 12.9. The maximum Gasteiger partial charge on any atom is 0.255 e. The Kier molecular flexibility index (Phi) is 5.83. The second-order valence-electron chi connectivity index (χ2n) is 11.7. The highest BCUT2D eigenvalue weighted by molar-refractivity contribution is 6.24. The minimum Gasteiger partial charge on any atom is -0.508 e. The number of rotatable bonds is 3. The molecule has 204 valence electrons. The van der Waals surface area contributed by atoms with Crippen molar-refractivity contribution in [3.05, 3.63) is 45.7 Å². The van der Waals surface area contributed by atoms with Gasteiger partial charge in [-0.3, -0.25) is 19.3 Å². The van der Waals surface area contributed by atoms with Crippen LogP contribution in [0.2, 0.25) is 0 Å². The summed E-state index contributed by atoms with van der Waals surface area (Å²) in [5.74, 6) is -8.65. The molecule has 7 N–H and O–H groups in total. The number of ketones is 2. The topological polar surface area (TPSA) is 182 Å². The van der Waals surface area contributed by atoms with Gasteiger partial charge in [0, 0.05) is 17.1 Å². The summed E-state index contributed by atoms with van der Waals surface area (Å²) in [5, 5.41) is 57.3. The number of Topliss-reactive ketones (excluding diaryl/α,β-unsaturated/α-hetero) is 2. The Labute approximate surface area is 220 Å². The van der Waals surface area contributed by atoms with Crippen LogP contribution in [0.4, 0.5) is 0 Å². The summed E-state index contributed by atoms with van der Waals surface area (Å²) in [5.41, 5.74) is 2.03. The quantitative estimate of drug-likeness (QED) is 0.317. The standard InChI is InChI=1S/C28H34N2O8/c1-11-12-7-8-13(27(2)9-5-6-10-27)20(31)15(12)21(32)16-14(11)22(33)18-19(30(3)4)23(34)17(26(29)37)25(36)28(18,38)24(16)35/h7-8,11,14,18-19,22,31-33,36,38H,5-6,9-10H2,1-4H3,(H2,29,37)/t11-,14+,18+,19?,22-,28-/m0/s1. The zero-order valence-corrected chi connectivity index (χ0v) is 21.9. The molecule has 1 aromatic rings. The smallest absolute Gasteiger partial charge is 0.255 e. The highest BCUT2D eigenvalue weighted by Crippen LogP contribution is 2.57. The minimum atomic E-state index is -2.91. The fraction of sp³-hybridized carbons (Fsp3) is 0.536. The fourth-order valence-electron chi connectivity index (χ4n) is 7.53. The molecule has 10 nitrogen and oxygen atoms in total. The molecule has 0 heterocycles. The second-order valence-corrected chi connectivity index (χ2v) is 11.7. The van der Waals surface area contributed by atoms with Crippen molar-refractivity contribution in [2.45, 2.75) is 68.6 Å². The number of primary amides is 1. The van der Waals surface area contributed by atoms with Crippen LogP contribution in [-0.2, 0) is 19.8 Å². The van der Waals surface area contributed by atoms with Crippen molar-refractivity contribution in [3.63, 3.8) is 0 Å². The summed E-state index contributed by atoms with van der Waals surface area (Å²) in [7, 11) is 2.96. The number of nitrogens with zero attached hydrogens (tertiary/aromatic N) is 1. The van der Waals surface area contributed by atoms with Gasteiger partial charge < -0.3 is 31.3 Å². The van der Waals surface area contributed by atoms with Crippen LogP contribution >= 0.6 is 0 Å². The molecule has 38 heavy (non-hydrogen) atoms. The summed E-state index contributed by atoms with van der Waals surface area (Å²) in [6.07, 6.45) is 2.10. The number of aliphatic hydroxyl groups is 4. The van der Waals surface area contributed by atoms with Gasteiger partial charge in [0.2, 0.25) is 5.78 Å². The number of amides is 1. The Morgan fingerprint density at radius 3 is 2.26 bits per heavy atom. The normalized spacial score (nSPS) is 34.3. The van der Waals surface area contributed by atoms with E-state index in [1.165, 1.54) is 19.0 Å². The van der Waals surface area contributed by atoms with E-state index in [9.17, 15) is 39.9 Å². The first kappa shape index (κ1) is 26.4. The number of benzene rings is 1. The molecule has 0 aromatic heterocycles. The highest BCUT2D eigenvalue weighted by atomic mass is 16.4. The van der Waals surface area contributed by atoms with Crippen molar-refractivity contribution < 1.29 is 39.9 Å². The molecule has 0 spiro atoms. The average Bonchev–Trinajstić information content (AvgIpc) is 3.28. The largest absolute Gasteiger partial charge is 0.508 e. The monoisotopic (exact) mass is 526 g/mol. The molecule has 4 aliphatic rings. The molecule has 1 amide bonds. The van der Waals surface area contributed by atoms with Crippen molar-refractivity contribution in [2.75, 3.05) is 14.1 Å². The number of hydrogen-bond donors (Lipinski definition) is 6. The Bertz CT molecular complexity index is 1340. The van der Waals surface area contributed by atoms with E-state index in [4.69, 9.17) is 5.73 Å². The van der Waals surface area contributed by atoms with E-state index in [1.807, 2.05) is 13.0 Å². The average molecular weight is 527 g/mol. The highest BCUT2D eigenvalue weighted by Gasteiger charge is 2.68. The van der Waals surface area contributed by atoms with Crippen molar-refractivity contribution in [3.8, 4) is 5.75 Å². The van der Waals surface area contributed by atoms with Gasteiger partial charge in [-0.2, -0.15) is 0 Å². The lowest BCUT2D eigenvalue weighted by Crippen LogP contribution is -2.70. The van der Waals surface area contributed by atoms with Crippen molar-refractivity contribution in [1.29, 1.82) is 0 Å². The van der Waals surface area contributed by atoms with Gasteiger partial charge in [-0.25, -0.2) is 0 Å². The van der Waals surface area contributed by atoms with Crippen molar-refractivity contribution >= 4 is 23.2 Å². The molecule has 1 aromatic carbocycles. The van der Waals surface area contributed by atoms with E-state index in [1.54, 1.807) is 13.0 Å². The molecule has 0 bridgehead atoms. The zero-order chi connectivity index (χ0) is 28.1. The van der Waals surface area contributed by atoms with Gasteiger partial charge >= 0.3 is 0 Å². The third-order valence-corrected chi connectivity index (χ3v) is 9.49. The summed E-state index contributed by atoms with van der Waals surface area (Å²) >= 11 is 0. The van der Waals surface area contributed by atoms with Crippen LogP contribution in [0.15, 0.2) is 29.0 Å². The Morgan fingerprint density at radius 2 is 1.71 bits per heavy atom. The van der Waals surface area contributed by atoms with Gasteiger partial charge in [0.1, 0.15) is 22.8 Å². The molecular formula is C28H34N2O8. The summed E-state index contributed by atoms with van der Waals surface area (Å²) < 4.78 is 0. The van der Waals surface area contributed by atoms with Crippen LogP contribution in [0.25, 0.3) is 5.76 Å². The zero-order valence-electron chi connectivity index (χ0n) is 21.9. The molecule has 1 unspecified atom stereocenters. The number of fused-ring (bicyclic) bond motifs is 3. The molecule has 4 aliphatic carbocycles. The number of carbonyl (C=O) groups excluding carboxylic acids is 3. The number of aromatic hydroxyl groups is 1. The first-order chi connectivity index (χ1) is 17.7. The number of phenolic OH excluding ortho intramolecular Hbond substituents is 1. The van der Waals surface area contributed by atoms with Gasteiger partial charge in [0.05, 0.1) is 23.6 Å². The van der Waals surface area contributed by atoms with Gasteiger partial charge in [-0.05, 0) is 43.8 Å². The Hall–Kier alpha value is -3.21. The molecule has 10 heteroatoms. The maximum atomic E-state index is 14.1. The van der Waals surface area contributed by atoms with Gasteiger partial charge in [0.15, 0.2) is 11.4 Å². The Morgan fingerprint density at radius 1 is 1.11 bits per heavy atom. The second kappa shape index (κ2) is 8.39. The third-order valence-electron chi connectivity index (χ3n) is 9.49.